The summed E-state index contributed by atoms with van der Waals surface area (Å²) in [6, 6.07) is 25.9. The maximum atomic E-state index is 6.26. The van der Waals surface area contributed by atoms with E-state index in [0.717, 1.165) is 44.3 Å². The Bertz CT molecular complexity index is 1500. The summed E-state index contributed by atoms with van der Waals surface area (Å²) < 4.78 is 11.5. The molecule has 2 heterocycles. The lowest BCUT2D eigenvalue weighted by Gasteiger charge is -2.09. The molecule has 3 aromatic carbocycles. The molecule has 0 unspecified atom stereocenters. The second-order valence-corrected chi connectivity index (χ2v) is 7.77. The van der Waals surface area contributed by atoms with Crippen LogP contribution in [0.15, 0.2) is 88.4 Å². The maximum absolute atomic E-state index is 6.26. The van der Waals surface area contributed by atoms with Crippen LogP contribution in [0.4, 0.5) is 5.82 Å². The normalized spacial score (nSPS) is 11.8. The van der Waals surface area contributed by atoms with Gasteiger partial charge in [0.05, 0.1) is 18.0 Å². The van der Waals surface area contributed by atoms with Gasteiger partial charge < -0.3 is 9.15 Å². The van der Waals surface area contributed by atoms with E-state index >= 15 is 0 Å². The predicted octanol–water partition coefficient (Wildman–Crippen LogP) is 6.20. The largest absolute Gasteiger partial charge is 0.497 e. The Morgan fingerprint density at radius 1 is 0.875 bits per heavy atom. The Balaban J connectivity index is 1.63. The number of rotatable bonds is 4. The summed E-state index contributed by atoms with van der Waals surface area (Å²) in [5.74, 6) is 2.22. The number of nitrogens with one attached hydrogen (secondary N) is 1. The summed E-state index contributed by atoms with van der Waals surface area (Å²) in [6.45, 7) is 4.17. The average molecular weight is 422 g/mol. The zero-order valence-electron chi connectivity index (χ0n) is 18.2. The Morgan fingerprint density at radius 2 is 1.66 bits per heavy atom. The van der Waals surface area contributed by atoms with Crippen molar-refractivity contribution < 1.29 is 9.15 Å². The molecule has 5 rings (SSSR count). The number of hydrogen-bond donors (Lipinski definition) is 1. The van der Waals surface area contributed by atoms with Crippen LogP contribution in [-0.4, -0.2) is 12.1 Å². The van der Waals surface area contributed by atoms with Crippen LogP contribution in [0.25, 0.3) is 33.2 Å². The minimum Gasteiger partial charge on any atom is -0.497 e. The Labute approximate surface area is 186 Å². The Kier molecular flexibility index (Phi) is 5.07. The molecule has 158 valence electrons. The first-order valence-electron chi connectivity index (χ1n) is 10.5. The molecule has 32 heavy (non-hydrogen) atoms. The highest BCUT2D eigenvalue weighted by molar-refractivity contribution is 5.81. The molecular formula is C27H23N3O2. The van der Waals surface area contributed by atoms with E-state index in [-0.39, 0.29) is 0 Å². The number of pyridine rings is 1. The average Bonchev–Trinajstić information content (AvgIpc) is 2.83. The van der Waals surface area contributed by atoms with Gasteiger partial charge in [0.1, 0.15) is 22.9 Å². The van der Waals surface area contributed by atoms with Crippen molar-refractivity contribution in [2.45, 2.75) is 13.8 Å². The van der Waals surface area contributed by atoms with Crippen molar-refractivity contribution in [1.29, 1.82) is 0 Å². The lowest BCUT2D eigenvalue weighted by atomic mass is 10.1. The molecule has 0 amide bonds. The first kappa shape index (κ1) is 19.8. The van der Waals surface area contributed by atoms with Crippen LogP contribution in [0.2, 0.25) is 0 Å². The summed E-state index contributed by atoms with van der Waals surface area (Å²) in [6.07, 6.45) is 0. The first-order valence-corrected chi connectivity index (χ1v) is 10.5. The highest BCUT2D eigenvalue weighted by Crippen LogP contribution is 2.26. The van der Waals surface area contributed by atoms with Crippen molar-refractivity contribution in [2.24, 2.45) is 5.10 Å². The highest BCUT2D eigenvalue weighted by Gasteiger charge is 2.09. The minimum absolute atomic E-state index is 0.687. The predicted molar refractivity (Wildman–Crippen MR) is 129 cm³/mol. The van der Waals surface area contributed by atoms with Crippen LogP contribution >= 0.6 is 0 Å². The second-order valence-electron chi connectivity index (χ2n) is 7.77. The molecule has 0 spiro atoms. The molecule has 0 aliphatic carbocycles. The van der Waals surface area contributed by atoms with Gasteiger partial charge in [-0.2, -0.15) is 5.10 Å². The van der Waals surface area contributed by atoms with Crippen LogP contribution in [-0.2, 0) is 0 Å². The number of nitrogens with zero attached hydrogens (tertiary/aromatic N) is 2. The van der Waals surface area contributed by atoms with Gasteiger partial charge in [0, 0.05) is 22.4 Å². The fourth-order valence-corrected chi connectivity index (χ4v) is 3.66. The van der Waals surface area contributed by atoms with E-state index < -0.39 is 0 Å². The van der Waals surface area contributed by atoms with Gasteiger partial charge >= 0.3 is 0 Å². The summed E-state index contributed by atoms with van der Waals surface area (Å²) >= 11 is 0. The molecule has 0 radical (unpaired) electrons. The first-order chi connectivity index (χ1) is 15.6. The quantitative estimate of drug-likeness (QED) is 0.351. The van der Waals surface area contributed by atoms with Gasteiger partial charge in [0.25, 0.3) is 0 Å². The fraction of sp³-hybridized carbons (Fsp3) is 0.111. The third-order valence-corrected chi connectivity index (χ3v) is 5.62. The minimum atomic E-state index is 0.687. The molecule has 0 aliphatic heterocycles. The summed E-state index contributed by atoms with van der Waals surface area (Å²) in [4.78, 5) is 4.66. The van der Waals surface area contributed by atoms with Gasteiger partial charge in [-0.25, -0.2) is 4.98 Å². The van der Waals surface area contributed by atoms with Crippen molar-refractivity contribution in [3.63, 3.8) is 0 Å². The van der Waals surface area contributed by atoms with Crippen LogP contribution in [0.5, 0.6) is 5.75 Å². The zero-order valence-corrected chi connectivity index (χ0v) is 18.2. The van der Waals surface area contributed by atoms with E-state index in [1.165, 1.54) is 11.1 Å². The van der Waals surface area contributed by atoms with Gasteiger partial charge in [-0.3, -0.25) is 5.43 Å². The Hall–Kier alpha value is -4.12. The third kappa shape index (κ3) is 3.81. The number of anilines is 1. The van der Waals surface area contributed by atoms with E-state index in [0.29, 0.717) is 5.82 Å². The van der Waals surface area contributed by atoms with Crippen molar-refractivity contribution >= 4 is 27.7 Å². The van der Waals surface area contributed by atoms with Crippen molar-refractivity contribution in [1.82, 2.24) is 4.98 Å². The fourth-order valence-electron chi connectivity index (χ4n) is 3.66. The number of benzene rings is 3. The van der Waals surface area contributed by atoms with Crippen molar-refractivity contribution in [2.75, 3.05) is 12.5 Å². The number of methoxy groups -OCH3 is 1. The summed E-state index contributed by atoms with van der Waals surface area (Å²) in [5.41, 5.74) is 8.14. The zero-order chi connectivity index (χ0) is 22.1. The molecule has 0 bridgehead atoms. The third-order valence-electron chi connectivity index (χ3n) is 5.62. The Morgan fingerprint density at radius 3 is 2.47 bits per heavy atom. The van der Waals surface area contributed by atoms with E-state index in [9.17, 15) is 0 Å². The number of hydrogen-bond acceptors (Lipinski definition) is 5. The lowest BCUT2D eigenvalue weighted by Crippen LogP contribution is -2.08. The SMILES string of the molecule is COc1ccc(-c2cc(=NNc3ccc4ccccc4n3)c3cc(C)c(C)cc3o2)cc1. The van der Waals surface area contributed by atoms with Crippen LogP contribution in [0.3, 0.4) is 0 Å². The van der Waals surface area contributed by atoms with Crippen LogP contribution in [0, 0.1) is 13.8 Å². The summed E-state index contributed by atoms with van der Waals surface area (Å²) in [7, 11) is 1.66. The molecule has 0 saturated heterocycles. The van der Waals surface area contributed by atoms with Crippen molar-refractivity contribution in [3.05, 3.63) is 95.3 Å². The topological polar surface area (TPSA) is 59.6 Å². The van der Waals surface area contributed by atoms with Gasteiger partial charge in [0.15, 0.2) is 0 Å². The van der Waals surface area contributed by atoms with Crippen molar-refractivity contribution in [3.8, 4) is 17.1 Å². The number of para-hydroxylation sites is 1. The molecule has 2 aromatic heterocycles. The molecule has 1 N–H and O–H groups in total. The highest BCUT2D eigenvalue weighted by atomic mass is 16.5. The maximum Gasteiger partial charge on any atom is 0.146 e. The summed E-state index contributed by atoms with van der Waals surface area (Å²) in [5, 5.41) is 7.53. The lowest BCUT2D eigenvalue weighted by molar-refractivity contribution is 0.415. The smallest absolute Gasteiger partial charge is 0.146 e. The molecule has 5 heteroatoms. The van der Waals surface area contributed by atoms with Gasteiger partial charge in [0.2, 0.25) is 0 Å². The van der Waals surface area contributed by atoms with Gasteiger partial charge in [-0.15, -0.1) is 0 Å². The number of aromatic nitrogens is 1. The van der Waals surface area contributed by atoms with Crippen LogP contribution < -0.4 is 15.5 Å². The van der Waals surface area contributed by atoms with E-state index in [1.807, 2.05) is 66.7 Å². The monoisotopic (exact) mass is 421 g/mol. The molecule has 0 fully saturated rings. The molecular weight excluding hydrogens is 398 g/mol. The molecule has 5 nitrogen and oxygen atoms in total. The van der Waals surface area contributed by atoms with Crippen LogP contribution in [0.1, 0.15) is 11.1 Å². The molecule has 0 atom stereocenters. The standard InChI is InChI=1S/C27H23N3O2/c1-17-14-22-24(29-30-27-13-10-19-6-4-5-7-23(19)28-27)16-25(32-26(22)15-18(17)2)20-8-11-21(31-3)12-9-20/h4-16H,1-3H3,(H,28,30). The number of ether oxygens (including phenoxy) is 1. The van der Waals surface area contributed by atoms with E-state index in [1.54, 1.807) is 7.11 Å². The number of aryl methyl sites for hydroxylation is 2. The van der Waals surface area contributed by atoms with E-state index in [2.05, 4.69) is 36.4 Å². The van der Waals surface area contributed by atoms with E-state index in [4.69, 9.17) is 14.3 Å². The molecule has 5 aromatic rings. The molecule has 0 saturated carbocycles. The molecule has 0 aliphatic rings. The van der Waals surface area contributed by atoms with Gasteiger partial charge in [-0.1, -0.05) is 18.2 Å². The second kappa shape index (κ2) is 8.19. The van der Waals surface area contributed by atoms with Gasteiger partial charge in [-0.05, 0) is 79.6 Å². The number of fused-ring (bicyclic) bond motifs is 2.